The summed E-state index contributed by atoms with van der Waals surface area (Å²) in [5, 5.41) is 13.9. The molecular formula is C19H17NO2S. The third-order valence-corrected chi connectivity index (χ3v) is 4.44. The monoisotopic (exact) mass is 323 g/mol. The van der Waals surface area contributed by atoms with E-state index in [0.29, 0.717) is 12.8 Å². The lowest BCUT2D eigenvalue weighted by atomic mass is 9.93. The summed E-state index contributed by atoms with van der Waals surface area (Å²) in [5.74, 6) is -0.0851. The van der Waals surface area contributed by atoms with Crippen LogP contribution in [0.5, 0.6) is 5.75 Å². The highest BCUT2D eigenvalue weighted by atomic mass is 32.1. The smallest absolute Gasteiger partial charge is 0.217 e. The summed E-state index contributed by atoms with van der Waals surface area (Å²) < 4.78 is 0. The molecule has 0 spiro atoms. The Hall–Kier alpha value is -2.59. The number of amides is 1. The van der Waals surface area contributed by atoms with Gasteiger partial charge in [-0.15, -0.1) is 0 Å². The van der Waals surface area contributed by atoms with E-state index in [-0.39, 0.29) is 11.7 Å². The number of aryl methyl sites for hydroxylation is 1. The molecule has 0 aliphatic heterocycles. The van der Waals surface area contributed by atoms with E-state index in [0.717, 1.165) is 27.8 Å². The molecule has 23 heavy (non-hydrogen) atoms. The fraction of sp³-hybridized carbons (Fsp3) is 0.105. The maximum Gasteiger partial charge on any atom is 0.217 e. The Morgan fingerprint density at radius 1 is 1.04 bits per heavy atom. The number of carbonyl (C=O) groups is 1. The molecule has 0 saturated heterocycles. The SMILES string of the molecule is NC(=O)CCc1cc(-c2ccsc2)ccc1-c1cccc(O)c1. The lowest BCUT2D eigenvalue weighted by Crippen LogP contribution is -2.11. The van der Waals surface area contributed by atoms with Gasteiger partial charge in [0.25, 0.3) is 0 Å². The van der Waals surface area contributed by atoms with Crippen molar-refractivity contribution >= 4 is 17.2 Å². The molecule has 3 N–H and O–H groups in total. The minimum absolute atomic E-state index is 0.227. The zero-order chi connectivity index (χ0) is 16.2. The normalized spacial score (nSPS) is 10.6. The molecule has 0 aliphatic rings. The number of hydrogen-bond acceptors (Lipinski definition) is 3. The molecular weight excluding hydrogens is 306 g/mol. The van der Waals surface area contributed by atoms with Crippen molar-refractivity contribution in [2.45, 2.75) is 12.8 Å². The van der Waals surface area contributed by atoms with Crippen molar-refractivity contribution in [3.05, 3.63) is 64.9 Å². The predicted molar refractivity (Wildman–Crippen MR) is 94.4 cm³/mol. The van der Waals surface area contributed by atoms with E-state index in [1.165, 1.54) is 0 Å². The molecule has 0 radical (unpaired) electrons. The molecule has 0 atom stereocenters. The van der Waals surface area contributed by atoms with E-state index in [1.807, 2.05) is 23.6 Å². The van der Waals surface area contributed by atoms with Crippen molar-refractivity contribution in [2.75, 3.05) is 0 Å². The highest BCUT2D eigenvalue weighted by molar-refractivity contribution is 7.08. The minimum atomic E-state index is -0.312. The molecule has 3 nitrogen and oxygen atoms in total. The maximum absolute atomic E-state index is 11.2. The summed E-state index contributed by atoms with van der Waals surface area (Å²) >= 11 is 1.65. The first-order valence-corrected chi connectivity index (χ1v) is 8.31. The summed E-state index contributed by atoms with van der Waals surface area (Å²) in [6.45, 7) is 0. The van der Waals surface area contributed by atoms with Crippen molar-refractivity contribution in [2.24, 2.45) is 5.73 Å². The van der Waals surface area contributed by atoms with Crippen LogP contribution in [0.2, 0.25) is 0 Å². The Morgan fingerprint density at radius 3 is 2.61 bits per heavy atom. The zero-order valence-electron chi connectivity index (χ0n) is 12.5. The number of benzene rings is 2. The molecule has 0 aliphatic carbocycles. The van der Waals surface area contributed by atoms with Crippen molar-refractivity contribution in [3.63, 3.8) is 0 Å². The average molecular weight is 323 g/mol. The Balaban J connectivity index is 2.05. The Labute approximate surface area is 139 Å². The van der Waals surface area contributed by atoms with E-state index in [9.17, 15) is 9.90 Å². The molecule has 0 unspecified atom stereocenters. The average Bonchev–Trinajstić information content (AvgIpc) is 3.07. The molecule has 2 aromatic carbocycles. The number of hydrogen-bond donors (Lipinski definition) is 2. The third-order valence-electron chi connectivity index (χ3n) is 3.76. The van der Waals surface area contributed by atoms with Gasteiger partial charge in [0.1, 0.15) is 5.75 Å². The molecule has 3 rings (SSSR count). The Morgan fingerprint density at radius 2 is 1.91 bits per heavy atom. The fourth-order valence-electron chi connectivity index (χ4n) is 2.62. The summed E-state index contributed by atoms with van der Waals surface area (Å²) in [5.41, 5.74) is 10.6. The fourth-order valence-corrected chi connectivity index (χ4v) is 3.29. The molecule has 1 amide bonds. The number of carbonyl (C=O) groups excluding carboxylic acids is 1. The van der Waals surface area contributed by atoms with Crippen LogP contribution >= 0.6 is 11.3 Å². The van der Waals surface area contributed by atoms with E-state index in [2.05, 4.69) is 23.6 Å². The second kappa shape index (κ2) is 6.67. The molecule has 1 aromatic heterocycles. The first kappa shape index (κ1) is 15.3. The number of phenolic OH excluding ortho intramolecular Hbond substituents is 1. The van der Waals surface area contributed by atoms with Crippen LogP contribution in [0.3, 0.4) is 0 Å². The van der Waals surface area contributed by atoms with Gasteiger partial charge in [0.2, 0.25) is 5.91 Å². The molecule has 116 valence electrons. The highest BCUT2D eigenvalue weighted by Crippen LogP contribution is 2.32. The lowest BCUT2D eigenvalue weighted by molar-refractivity contribution is -0.117. The van der Waals surface area contributed by atoms with Crippen LogP contribution < -0.4 is 5.73 Å². The molecule has 1 heterocycles. The largest absolute Gasteiger partial charge is 0.508 e. The van der Waals surface area contributed by atoms with Gasteiger partial charge in [0, 0.05) is 6.42 Å². The van der Waals surface area contributed by atoms with Crippen molar-refractivity contribution in [3.8, 4) is 28.0 Å². The van der Waals surface area contributed by atoms with Crippen LogP contribution in [0.1, 0.15) is 12.0 Å². The third kappa shape index (κ3) is 3.60. The molecule has 0 bridgehead atoms. The predicted octanol–water partition coefficient (Wildman–Crippen LogP) is 4.21. The van der Waals surface area contributed by atoms with Gasteiger partial charge in [0.15, 0.2) is 0 Å². The number of nitrogens with two attached hydrogens (primary N) is 1. The molecule has 0 saturated carbocycles. The summed E-state index contributed by atoms with van der Waals surface area (Å²) in [6, 6.07) is 15.4. The summed E-state index contributed by atoms with van der Waals surface area (Å²) in [4.78, 5) is 11.2. The number of primary amides is 1. The van der Waals surface area contributed by atoms with Gasteiger partial charge in [-0.2, -0.15) is 11.3 Å². The first-order chi connectivity index (χ1) is 11.1. The minimum Gasteiger partial charge on any atom is -0.508 e. The molecule has 4 heteroatoms. The van der Waals surface area contributed by atoms with E-state index < -0.39 is 0 Å². The number of phenols is 1. The van der Waals surface area contributed by atoms with Crippen molar-refractivity contribution in [1.29, 1.82) is 0 Å². The van der Waals surface area contributed by atoms with Gasteiger partial charge < -0.3 is 10.8 Å². The Bertz CT molecular complexity index is 825. The van der Waals surface area contributed by atoms with E-state index >= 15 is 0 Å². The van der Waals surface area contributed by atoms with Crippen LogP contribution in [0.4, 0.5) is 0 Å². The topological polar surface area (TPSA) is 63.3 Å². The van der Waals surface area contributed by atoms with Crippen molar-refractivity contribution < 1.29 is 9.90 Å². The van der Waals surface area contributed by atoms with Crippen LogP contribution in [0.25, 0.3) is 22.3 Å². The lowest BCUT2D eigenvalue weighted by Gasteiger charge is -2.12. The van der Waals surface area contributed by atoms with Gasteiger partial charge in [-0.3, -0.25) is 4.79 Å². The van der Waals surface area contributed by atoms with Gasteiger partial charge >= 0.3 is 0 Å². The highest BCUT2D eigenvalue weighted by Gasteiger charge is 2.10. The van der Waals surface area contributed by atoms with E-state index in [1.54, 1.807) is 23.5 Å². The number of thiophene rings is 1. The second-order valence-corrected chi connectivity index (χ2v) is 6.18. The second-order valence-electron chi connectivity index (χ2n) is 5.40. The quantitative estimate of drug-likeness (QED) is 0.739. The number of aromatic hydroxyl groups is 1. The van der Waals surface area contributed by atoms with Gasteiger partial charge in [-0.05, 0) is 63.2 Å². The summed E-state index contributed by atoms with van der Waals surface area (Å²) in [7, 11) is 0. The molecule has 0 fully saturated rings. The van der Waals surface area contributed by atoms with Crippen LogP contribution in [-0.4, -0.2) is 11.0 Å². The standard InChI is InChI=1S/C19H17NO2S/c20-19(22)7-5-15-10-13(16-8-9-23-12-16)4-6-18(15)14-2-1-3-17(21)11-14/h1-4,6,8-12,21H,5,7H2,(H2,20,22). The van der Waals surface area contributed by atoms with E-state index in [4.69, 9.17) is 5.73 Å². The number of rotatable bonds is 5. The van der Waals surface area contributed by atoms with Crippen LogP contribution in [0.15, 0.2) is 59.3 Å². The summed E-state index contributed by atoms with van der Waals surface area (Å²) in [6.07, 6.45) is 0.886. The maximum atomic E-state index is 11.2. The van der Waals surface area contributed by atoms with Crippen molar-refractivity contribution in [1.82, 2.24) is 0 Å². The first-order valence-electron chi connectivity index (χ1n) is 7.37. The Kier molecular flexibility index (Phi) is 4.44. The van der Waals surface area contributed by atoms with Gasteiger partial charge in [0.05, 0.1) is 0 Å². The van der Waals surface area contributed by atoms with Crippen LogP contribution in [-0.2, 0) is 11.2 Å². The molecule has 3 aromatic rings. The van der Waals surface area contributed by atoms with Gasteiger partial charge in [-0.1, -0.05) is 30.3 Å². The zero-order valence-corrected chi connectivity index (χ0v) is 13.3. The van der Waals surface area contributed by atoms with Gasteiger partial charge in [-0.25, -0.2) is 0 Å². The van der Waals surface area contributed by atoms with Crippen LogP contribution in [0, 0.1) is 0 Å².